The lowest BCUT2D eigenvalue weighted by molar-refractivity contribution is 0.603. The van der Waals surface area contributed by atoms with Gasteiger partial charge in [0.25, 0.3) is 0 Å². The first-order valence-electron chi connectivity index (χ1n) is 6.21. The molecular formula is C15H9ClN2O2S2. The van der Waals surface area contributed by atoms with Gasteiger partial charge in [0.05, 0.1) is 10.6 Å². The molecule has 0 aliphatic carbocycles. The monoisotopic (exact) mass is 348 g/mol. The van der Waals surface area contributed by atoms with Crippen LogP contribution in [0.15, 0.2) is 68.3 Å². The number of halogens is 1. The molecule has 0 fully saturated rings. The molecule has 0 radical (unpaired) electrons. The van der Waals surface area contributed by atoms with Gasteiger partial charge in [-0.05, 0) is 36.4 Å². The Bertz CT molecular complexity index is 886. The Hall–Kier alpha value is -1.94. The largest absolute Gasteiger partial charge is 0.347 e. The van der Waals surface area contributed by atoms with Gasteiger partial charge in [0.15, 0.2) is 4.91 Å². The van der Waals surface area contributed by atoms with Crippen molar-refractivity contribution in [1.29, 1.82) is 5.26 Å². The highest BCUT2D eigenvalue weighted by atomic mass is 35.5. The van der Waals surface area contributed by atoms with Crippen molar-refractivity contribution in [2.45, 2.75) is 9.79 Å². The minimum Gasteiger partial charge on any atom is -0.347 e. The van der Waals surface area contributed by atoms with Crippen LogP contribution >= 0.6 is 23.4 Å². The van der Waals surface area contributed by atoms with Crippen LogP contribution in [0.25, 0.3) is 0 Å². The first-order valence-corrected chi connectivity index (χ1v) is 8.89. The molecule has 0 unspecified atom stereocenters. The summed E-state index contributed by atoms with van der Waals surface area (Å²) in [5.74, 6) is 0. The number of hydrogen-bond donors (Lipinski definition) is 1. The number of anilines is 1. The number of thioether (sulfide) groups is 1. The number of sulfone groups is 1. The van der Waals surface area contributed by atoms with Crippen molar-refractivity contribution in [2.75, 3.05) is 5.32 Å². The number of para-hydroxylation sites is 1. The summed E-state index contributed by atoms with van der Waals surface area (Å²) in [7, 11) is -3.89. The molecule has 22 heavy (non-hydrogen) atoms. The van der Waals surface area contributed by atoms with Crippen molar-refractivity contribution in [3.05, 3.63) is 63.5 Å². The number of hydrogen-bond acceptors (Lipinski definition) is 5. The van der Waals surface area contributed by atoms with Crippen LogP contribution in [0.3, 0.4) is 0 Å². The summed E-state index contributed by atoms with van der Waals surface area (Å²) in [5.41, 5.74) is 0.793. The summed E-state index contributed by atoms with van der Waals surface area (Å²) < 4.78 is 25.3. The molecule has 0 atom stereocenters. The molecule has 0 spiro atoms. The smallest absolute Gasteiger partial charge is 0.219 e. The number of fused-ring (bicyclic) bond motifs is 1. The van der Waals surface area contributed by atoms with Gasteiger partial charge in [-0.2, -0.15) is 5.26 Å². The van der Waals surface area contributed by atoms with Crippen LogP contribution in [0, 0.1) is 11.3 Å². The summed E-state index contributed by atoms with van der Waals surface area (Å²) >= 11 is 7.01. The maximum atomic E-state index is 12.6. The first-order chi connectivity index (χ1) is 10.5. The predicted molar refractivity (Wildman–Crippen MR) is 87.2 cm³/mol. The number of benzene rings is 2. The zero-order valence-corrected chi connectivity index (χ0v) is 13.5. The number of nitriles is 1. The molecule has 1 aliphatic rings. The second kappa shape index (κ2) is 5.69. The third-order valence-electron chi connectivity index (χ3n) is 3.05. The van der Waals surface area contributed by atoms with E-state index in [0.29, 0.717) is 10.1 Å². The van der Waals surface area contributed by atoms with Gasteiger partial charge >= 0.3 is 0 Å². The van der Waals surface area contributed by atoms with E-state index in [1.54, 1.807) is 0 Å². The van der Waals surface area contributed by atoms with Gasteiger partial charge in [-0.1, -0.05) is 35.5 Å². The molecule has 110 valence electrons. The molecular weight excluding hydrogens is 340 g/mol. The quantitative estimate of drug-likeness (QED) is 0.830. The minimum atomic E-state index is -3.89. The van der Waals surface area contributed by atoms with E-state index in [-0.39, 0.29) is 9.80 Å². The normalized spacial score (nSPS) is 15.6. The van der Waals surface area contributed by atoms with Crippen molar-refractivity contribution in [1.82, 2.24) is 0 Å². The van der Waals surface area contributed by atoms with Gasteiger partial charge < -0.3 is 5.32 Å². The van der Waals surface area contributed by atoms with Crippen LogP contribution in [0.5, 0.6) is 0 Å². The lowest BCUT2D eigenvalue weighted by Gasteiger charge is -2.06. The molecule has 4 nitrogen and oxygen atoms in total. The van der Waals surface area contributed by atoms with E-state index in [9.17, 15) is 13.7 Å². The predicted octanol–water partition coefficient (Wildman–Crippen LogP) is 4.02. The van der Waals surface area contributed by atoms with Gasteiger partial charge in [-0.25, -0.2) is 8.42 Å². The number of nitrogens with one attached hydrogen (secondary N) is 1. The van der Waals surface area contributed by atoms with Crippen LogP contribution in [0.1, 0.15) is 0 Å². The molecule has 7 heteroatoms. The second-order valence-electron chi connectivity index (χ2n) is 4.45. The van der Waals surface area contributed by atoms with Gasteiger partial charge in [-0.3, -0.25) is 0 Å². The molecule has 0 saturated carbocycles. The topological polar surface area (TPSA) is 70.0 Å². The summed E-state index contributed by atoms with van der Waals surface area (Å²) in [6, 6.07) is 15.0. The Morgan fingerprint density at radius 3 is 2.45 bits per heavy atom. The third-order valence-corrected chi connectivity index (χ3v) is 6.24. The van der Waals surface area contributed by atoms with Crippen LogP contribution in [-0.2, 0) is 9.84 Å². The van der Waals surface area contributed by atoms with Crippen molar-refractivity contribution in [2.24, 2.45) is 0 Å². The Labute approximate surface area is 137 Å². The van der Waals surface area contributed by atoms with Crippen LogP contribution < -0.4 is 5.32 Å². The highest BCUT2D eigenvalue weighted by molar-refractivity contribution is 8.05. The number of allylic oxidation sites excluding steroid dienone is 1. The fraction of sp³-hybridized carbons (Fsp3) is 0. The summed E-state index contributed by atoms with van der Waals surface area (Å²) in [5, 5.41) is 13.1. The molecule has 2 aromatic carbocycles. The van der Waals surface area contributed by atoms with E-state index in [2.05, 4.69) is 5.32 Å². The molecule has 1 N–H and O–H groups in total. The molecule has 0 saturated heterocycles. The number of rotatable bonds is 2. The summed E-state index contributed by atoms with van der Waals surface area (Å²) in [6.07, 6.45) is 0. The van der Waals surface area contributed by atoms with Crippen molar-refractivity contribution < 1.29 is 8.42 Å². The molecule has 0 bridgehead atoms. The average molecular weight is 349 g/mol. The van der Waals surface area contributed by atoms with E-state index < -0.39 is 9.84 Å². The molecule has 0 amide bonds. The van der Waals surface area contributed by atoms with Crippen LogP contribution in [0.2, 0.25) is 5.02 Å². The highest BCUT2D eigenvalue weighted by Gasteiger charge is 2.28. The maximum absolute atomic E-state index is 12.6. The van der Waals surface area contributed by atoms with Gasteiger partial charge in [0.2, 0.25) is 9.84 Å². The lowest BCUT2D eigenvalue weighted by atomic mass is 10.3. The average Bonchev–Trinajstić information content (AvgIpc) is 2.91. The fourth-order valence-electron chi connectivity index (χ4n) is 1.98. The van der Waals surface area contributed by atoms with Gasteiger partial charge in [0, 0.05) is 9.92 Å². The van der Waals surface area contributed by atoms with Crippen molar-refractivity contribution in [3.8, 4) is 6.07 Å². The summed E-state index contributed by atoms with van der Waals surface area (Å²) in [4.78, 5) is 0.631. The second-order valence-corrected chi connectivity index (χ2v) is 7.83. The Balaban J connectivity index is 2.08. The Morgan fingerprint density at radius 1 is 1.14 bits per heavy atom. The van der Waals surface area contributed by atoms with E-state index in [0.717, 1.165) is 10.6 Å². The van der Waals surface area contributed by atoms with E-state index >= 15 is 0 Å². The minimum absolute atomic E-state index is 0.0410. The zero-order chi connectivity index (χ0) is 15.7. The van der Waals surface area contributed by atoms with E-state index in [4.69, 9.17) is 11.6 Å². The van der Waals surface area contributed by atoms with Gasteiger partial charge in [-0.15, -0.1) is 0 Å². The Morgan fingerprint density at radius 2 is 1.82 bits per heavy atom. The molecule has 1 aliphatic heterocycles. The van der Waals surface area contributed by atoms with Crippen molar-refractivity contribution in [3.63, 3.8) is 0 Å². The molecule has 1 heterocycles. The summed E-state index contributed by atoms with van der Waals surface area (Å²) in [6.45, 7) is 0. The molecule has 2 aromatic rings. The zero-order valence-electron chi connectivity index (χ0n) is 11.1. The van der Waals surface area contributed by atoms with Gasteiger partial charge in [0.1, 0.15) is 11.1 Å². The van der Waals surface area contributed by atoms with E-state index in [1.165, 1.54) is 36.0 Å². The van der Waals surface area contributed by atoms with Crippen LogP contribution in [-0.4, -0.2) is 8.42 Å². The number of nitrogens with zero attached hydrogens (tertiary/aromatic N) is 1. The third kappa shape index (κ3) is 2.59. The van der Waals surface area contributed by atoms with Crippen molar-refractivity contribution >= 4 is 38.9 Å². The van der Waals surface area contributed by atoms with Crippen LogP contribution in [0.4, 0.5) is 5.69 Å². The maximum Gasteiger partial charge on any atom is 0.219 e. The SMILES string of the molecule is N#C/C(=C1/Nc2ccccc2S1)S(=O)(=O)c1ccc(Cl)cc1. The van der Waals surface area contributed by atoms with E-state index in [1.807, 2.05) is 30.3 Å². The fourth-order valence-corrected chi connectivity index (χ4v) is 4.60. The first kappa shape index (κ1) is 15.0. The molecule has 0 aromatic heterocycles. The molecule has 3 rings (SSSR count). The Kier molecular flexibility index (Phi) is 3.87. The lowest BCUT2D eigenvalue weighted by Crippen LogP contribution is -2.07. The highest BCUT2D eigenvalue weighted by Crippen LogP contribution is 2.43. The standard InChI is InChI=1S/C15H9ClN2O2S2/c16-10-5-7-11(8-6-10)22(19,20)14(9-17)15-18-12-3-1-2-4-13(12)21-15/h1-8,18H/b15-14+.